The molecule has 1 aromatic heterocycles. The minimum Gasteiger partial charge on any atom is -0.379 e. The number of para-hydroxylation sites is 1. The summed E-state index contributed by atoms with van der Waals surface area (Å²) in [7, 11) is 0. The third kappa shape index (κ3) is 2.83. The molecule has 0 spiro atoms. The van der Waals surface area contributed by atoms with Crippen LogP contribution in [0.5, 0.6) is 0 Å². The third-order valence-electron chi connectivity index (χ3n) is 2.32. The summed E-state index contributed by atoms with van der Waals surface area (Å²) in [6.07, 6.45) is 1.95. The van der Waals surface area contributed by atoms with Crippen molar-refractivity contribution in [3.05, 3.63) is 48.3 Å². The molecule has 2 nitrogen and oxygen atoms in total. The SMILES string of the molecule is CCSc1ccccc1NCc1ccc[nH]1. The second kappa shape index (κ2) is 5.66. The topological polar surface area (TPSA) is 27.8 Å². The van der Waals surface area contributed by atoms with Crippen LogP contribution in [0.1, 0.15) is 12.6 Å². The molecule has 0 aliphatic rings. The fourth-order valence-electron chi connectivity index (χ4n) is 1.56. The van der Waals surface area contributed by atoms with E-state index < -0.39 is 0 Å². The Balaban J connectivity index is 2.03. The summed E-state index contributed by atoms with van der Waals surface area (Å²) < 4.78 is 0. The Bertz CT molecular complexity index is 423. The molecule has 0 saturated heterocycles. The summed E-state index contributed by atoms with van der Waals surface area (Å²) in [5.74, 6) is 1.10. The Morgan fingerprint density at radius 1 is 1.19 bits per heavy atom. The summed E-state index contributed by atoms with van der Waals surface area (Å²) in [6.45, 7) is 3.01. The number of thioether (sulfide) groups is 1. The lowest BCUT2D eigenvalue weighted by atomic mass is 10.3. The van der Waals surface area contributed by atoms with Crippen LogP contribution in [0.15, 0.2) is 47.5 Å². The van der Waals surface area contributed by atoms with Gasteiger partial charge in [-0.25, -0.2) is 0 Å². The Morgan fingerprint density at radius 3 is 2.81 bits per heavy atom. The fourth-order valence-corrected chi connectivity index (χ4v) is 2.34. The normalized spacial score (nSPS) is 10.3. The van der Waals surface area contributed by atoms with Crippen LogP contribution in [0.25, 0.3) is 0 Å². The summed E-state index contributed by atoms with van der Waals surface area (Å²) >= 11 is 1.87. The maximum Gasteiger partial charge on any atom is 0.0551 e. The van der Waals surface area contributed by atoms with Gasteiger partial charge in [-0.05, 0) is 30.0 Å². The van der Waals surface area contributed by atoms with Crippen molar-refractivity contribution in [2.75, 3.05) is 11.1 Å². The van der Waals surface area contributed by atoms with Crippen LogP contribution in [0.4, 0.5) is 5.69 Å². The molecule has 0 saturated carbocycles. The van der Waals surface area contributed by atoms with E-state index in [1.807, 2.05) is 24.0 Å². The first-order valence-corrected chi connectivity index (χ1v) is 6.46. The van der Waals surface area contributed by atoms with Crippen LogP contribution in [0.2, 0.25) is 0 Å². The van der Waals surface area contributed by atoms with E-state index in [1.54, 1.807) is 0 Å². The van der Waals surface area contributed by atoms with Crippen molar-refractivity contribution in [2.24, 2.45) is 0 Å². The lowest BCUT2D eigenvalue weighted by Crippen LogP contribution is -2.00. The van der Waals surface area contributed by atoms with Gasteiger partial charge in [-0.3, -0.25) is 0 Å². The van der Waals surface area contributed by atoms with E-state index in [0.29, 0.717) is 0 Å². The van der Waals surface area contributed by atoms with Gasteiger partial charge in [0.2, 0.25) is 0 Å². The predicted molar refractivity (Wildman–Crippen MR) is 71.0 cm³/mol. The van der Waals surface area contributed by atoms with E-state index in [4.69, 9.17) is 0 Å². The van der Waals surface area contributed by atoms with Gasteiger partial charge in [0.15, 0.2) is 0 Å². The number of aromatic amines is 1. The van der Waals surface area contributed by atoms with E-state index >= 15 is 0 Å². The zero-order chi connectivity index (χ0) is 11.2. The predicted octanol–water partition coefficient (Wildman–Crippen LogP) is 3.74. The zero-order valence-electron chi connectivity index (χ0n) is 9.36. The standard InChI is InChI=1S/C13H16N2S/c1-2-16-13-8-4-3-7-12(13)15-10-11-6-5-9-14-11/h3-9,14-15H,2,10H2,1H3. The number of hydrogen-bond donors (Lipinski definition) is 2. The van der Waals surface area contributed by atoms with Crippen LogP contribution in [0, 0.1) is 0 Å². The van der Waals surface area contributed by atoms with E-state index in [1.165, 1.54) is 16.3 Å². The lowest BCUT2D eigenvalue weighted by Gasteiger charge is -2.10. The maximum absolute atomic E-state index is 3.45. The van der Waals surface area contributed by atoms with E-state index in [-0.39, 0.29) is 0 Å². The molecule has 16 heavy (non-hydrogen) atoms. The number of H-pyrrole nitrogens is 1. The zero-order valence-corrected chi connectivity index (χ0v) is 10.2. The summed E-state index contributed by atoms with van der Waals surface area (Å²) in [6, 6.07) is 12.5. The van der Waals surface area contributed by atoms with Crippen LogP contribution >= 0.6 is 11.8 Å². The Morgan fingerprint density at radius 2 is 2.06 bits per heavy atom. The highest BCUT2D eigenvalue weighted by atomic mass is 32.2. The average Bonchev–Trinajstić information content (AvgIpc) is 2.81. The highest BCUT2D eigenvalue weighted by Gasteiger charge is 2.00. The number of rotatable bonds is 5. The molecule has 1 aromatic carbocycles. The maximum atomic E-state index is 3.45. The molecule has 0 aliphatic carbocycles. The van der Waals surface area contributed by atoms with E-state index in [9.17, 15) is 0 Å². The van der Waals surface area contributed by atoms with Gasteiger partial charge < -0.3 is 10.3 Å². The van der Waals surface area contributed by atoms with E-state index in [2.05, 4.69) is 47.6 Å². The first-order valence-electron chi connectivity index (χ1n) is 5.48. The average molecular weight is 232 g/mol. The highest BCUT2D eigenvalue weighted by Crippen LogP contribution is 2.26. The molecule has 2 N–H and O–H groups in total. The number of nitrogens with one attached hydrogen (secondary N) is 2. The van der Waals surface area contributed by atoms with Gasteiger partial charge >= 0.3 is 0 Å². The smallest absolute Gasteiger partial charge is 0.0551 e. The summed E-state index contributed by atoms with van der Waals surface area (Å²) in [4.78, 5) is 4.51. The minimum absolute atomic E-state index is 0.842. The third-order valence-corrected chi connectivity index (χ3v) is 3.27. The van der Waals surface area contributed by atoms with Crippen LogP contribution < -0.4 is 5.32 Å². The van der Waals surface area contributed by atoms with Gasteiger partial charge in [0.1, 0.15) is 0 Å². The summed E-state index contributed by atoms with van der Waals surface area (Å²) in [5, 5.41) is 3.45. The summed E-state index contributed by atoms with van der Waals surface area (Å²) in [5.41, 5.74) is 2.42. The van der Waals surface area contributed by atoms with Crippen LogP contribution in [0.3, 0.4) is 0 Å². The van der Waals surface area contributed by atoms with Crippen molar-refractivity contribution in [3.63, 3.8) is 0 Å². The van der Waals surface area contributed by atoms with Crippen molar-refractivity contribution < 1.29 is 0 Å². The molecule has 0 unspecified atom stereocenters. The minimum atomic E-state index is 0.842. The first kappa shape index (κ1) is 11.1. The monoisotopic (exact) mass is 232 g/mol. The first-order chi connectivity index (χ1) is 7.90. The van der Waals surface area contributed by atoms with E-state index in [0.717, 1.165) is 12.3 Å². The Labute approximate surface area is 100 Å². The molecule has 0 radical (unpaired) electrons. The number of benzene rings is 1. The second-order valence-corrected chi connectivity index (χ2v) is 4.78. The highest BCUT2D eigenvalue weighted by molar-refractivity contribution is 7.99. The van der Waals surface area contributed by atoms with Crippen molar-refractivity contribution >= 4 is 17.4 Å². The molecule has 2 aromatic rings. The Kier molecular flexibility index (Phi) is 3.94. The molecule has 0 amide bonds. The van der Waals surface area contributed by atoms with Gasteiger partial charge in [-0.15, -0.1) is 11.8 Å². The molecule has 0 atom stereocenters. The van der Waals surface area contributed by atoms with Gasteiger partial charge in [-0.2, -0.15) is 0 Å². The second-order valence-electron chi connectivity index (χ2n) is 3.48. The lowest BCUT2D eigenvalue weighted by molar-refractivity contribution is 1.06. The van der Waals surface area contributed by atoms with Gasteiger partial charge in [-0.1, -0.05) is 19.1 Å². The largest absolute Gasteiger partial charge is 0.379 e. The number of anilines is 1. The van der Waals surface area contributed by atoms with Gasteiger partial charge in [0, 0.05) is 22.5 Å². The van der Waals surface area contributed by atoms with Crippen LogP contribution in [-0.4, -0.2) is 10.7 Å². The molecule has 0 fully saturated rings. The molecule has 2 rings (SSSR count). The molecule has 0 aliphatic heterocycles. The molecular weight excluding hydrogens is 216 g/mol. The van der Waals surface area contributed by atoms with Gasteiger partial charge in [0.05, 0.1) is 6.54 Å². The fraction of sp³-hybridized carbons (Fsp3) is 0.231. The van der Waals surface area contributed by atoms with Crippen molar-refractivity contribution in [1.82, 2.24) is 4.98 Å². The van der Waals surface area contributed by atoms with Gasteiger partial charge in [0.25, 0.3) is 0 Å². The van der Waals surface area contributed by atoms with Crippen LogP contribution in [-0.2, 0) is 6.54 Å². The quantitative estimate of drug-likeness (QED) is 0.769. The number of aromatic nitrogens is 1. The van der Waals surface area contributed by atoms with Crippen molar-refractivity contribution in [3.8, 4) is 0 Å². The van der Waals surface area contributed by atoms with Crippen molar-refractivity contribution in [1.29, 1.82) is 0 Å². The molecular formula is C13H16N2S. The molecule has 84 valence electrons. The molecule has 0 bridgehead atoms. The van der Waals surface area contributed by atoms with Crippen molar-refractivity contribution in [2.45, 2.75) is 18.4 Å². The molecule has 1 heterocycles. The Hall–Kier alpha value is -1.35. The molecule has 3 heteroatoms. The number of hydrogen-bond acceptors (Lipinski definition) is 2.